The standard InChI is InChI=1S/C17H18N2O5/c1-12(20)24-15-11-22-16(18-15)14-8-5-9-19(14)17(21)23-10-13-6-3-2-4-7-13/h2-4,6-7,11,14H,5,8-10H2,1H3. The van der Waals surface area contributed by atoms with Crippen LogP contribution in [0.4, 0.5) is 4.79 Å². The molecule has 1 aliphatic rings. The van der Waals surface area contributed by atoms with Gasteiger partial charge in [-0.05, 0) is 18.4 Å². The Hall–Kier alpha value is -2.83. The molecule has 1 amide bonds. The Morgan fingerprint density at radius 3 is 2.88 bits per heavy atom. The summed E-state index contributed by atoms with van der Waals surface area (Å²) in [5.41, 5.74) is 0.926. The van der Waals surface area contributed by atoms with Crippen molar-refractivity contribution < 1.29 is 23.5 Å². The average Bonchev–Trinajstić information content (AvgIpc) is 3.22. The van der Waals surface area contributed by atoms with Gasteiger partial charge in [0.2, 0.25) is 5.89 Å². The first kappa shape index (κ1) is 16.0. The van der Waals surface area contributed by atoms with Crippen LogP contribution >= 0.6 is 0 Å². The Labute approximate surface area is 139 Å². The summed E-state index contributed by atoms with van der Waals surface area (Å²) in [6, 6.07) is 9.18. The van der Waals surface area contributed by atoms with Crippen molar-refractivity contribution >= 4 is 12.1 Å². The lowest BCUT2D eigenvalue weighted by Gasteiger charge is -2.21. The third-order valence-corrected chi connectivity index (χ3v) is 3.73. The molecule has 1 aromatic heterocycles. The number of esters is 1. The van der Waals surface area contributed by atoms with Gasteiger partial charge in [-0.15, -0.1) is 0 Å². The van der Waals surface area contributed by atoms with E-state index in [0.29, 0.717) is 12.4 Å². The van der Waals surface area contributed by atoms with Crippen molar-refractivity contribution in [3.8, 4) is 5.88 Å². The van der Waals surface area contributed by atoms with Crippen LogP contribution in [0.1, 0.15) is 37.3 Å². The van der Waals surface area contributed by atoms with Gasteiger partial charge in [0.1, 0.15) is 12.6 Å². The molecule has 0 radical (unpaired) electrons. The van der Waals surface area contributed by atoms with E-state index in [1.54, 1.807) is 4.90 Å². The van der Waals surface area contributed by atoms with Gasteiger partial charge in [0.25, 0.3) is 5.88 Å². The van der Waals surface area contributed by atoms with Crippen LogP contribution in [0.15, 0.2) is 41.0 Å². The molecule has 0 N–H and O–H groups in total. The lowest BCUT2D eigenvalue weighted by atomic mass is 10.2. The Morgan fingerprint density at radius 1 is 1.33 bits per heavy atom. The predicted octanol–water partition coefficient (Wildman–Crippen LogP) is 3.07. The molecule has 24 heavy (non-hydrogen) atoms. The summed E-state index contributed by atoms with van der Waals surface area (Å²) in [5, 5.41) is 0. The first-order chi connectivity index (χ1) is 11.6. The van der Waals surface area contributed by atoms with Crippen LogP contribution in [0, 0.1) is 0 Å². The summed E-state index contributed by atoms with van der Waals surface area (Å²) < 4.78 is 15.6. The predicted molar refractivity (Wildman–Crippen MR) is 83.1 cm³/mol. The van der Waals surface area contributed by atoms with Gasteiger partial charge in [-0.25, -0.2) is 4.79 Å². The number of carbonyl (C=O) groups excluding carboxylic acids is 2. The maximum atomic E-state index is 12.3. The average molecular weight is 330 g/mol. The Kier molecular flexibility index (Phi) is 4.79. The van der Waals surface area contributed by atoms with Gasteiger partial charge >= 0.3 is 12.1 Å². The van der Waals surface area contributed by atoms with Crippen LogP contribution in [-0.4, -0.2) is 28.5 Å². The Balaban J connectivity index is 1.63. The van der Waals surface area contributed by atoms with Crippen LogP contribution < -0.4 is 4.74 Å². The quantitative estimate of drug-likeness (QED) is 0.801. The van der Waals surface area contributed by atoms with E-state index < -0.39 is 12.1 Å². The molecule has 2 aromatic rings. The smallest absolute Gasteiger partial charge is 0.410 e. The number of hydrogen-bond donors (Lipinski definition) is 0. The van der Waals surface area contributed by atoms with Crippen LogP contribution in [0.25, 0.3) is 0 Å². The van der Waals surface area contributed by atoms with Crippen molar-refractivity contribution in [2.45, 2.75) is 32.4 Å². The van der Waals surface area contributed by atoms with E-state index in [1.165, 1.54) is 13.2 Å². The molecule has 0 spiro atoms. The summed E-state index contributed by atoms with van der Waals surface area (Å²) >= 11 is 0. The van der Waals surface area contributed by atoms with Crippen LogP contribution in [0.2, 0.25) is 0 Å². The number of hydrogen-bond acceptors (Lipinski definition) is 6. The van der Waals surface area contributed by atoms with E-state index in [0.717, 1.165) is 18.4 Å². The monoisotopic (exact) mass is 330 g/mol. The van der Waals surface area contributed by atoms with Crippen molar-refractivity contribution in [3.63, 3.8) is 0 Å². The number of likely N-dealkylation sites (tertiary alicyclic amines) is 1. The van der Waals surface area contributed by atoms with Crippen molar-refractivity contribution in [1.82, 2.24) is 9.88 Å². The molecule has 1 aromatic carbocycles. The van der Waals surface area contributed by atoms with E-state index in [1.807, 2.05) is 30.3 Å². The third-order valence-electron chi connectivity index (χ3n) is 3.73. The first-order valence-corrected chi connectivity index (χ1v) is 7.74. The van der Waals surface area contributed by atoms with E-state index in [-0.39, 0.29) is 18.5 Å². The topological polar surface area (TPSA) is 81.9 Å². The largest absolute Gasteiger partial charge is 0.445 e. The molecule has 1 unspecified atom stereocenters. The van der Waals surface area contributed by atoms with Gasteiger partial charge in [0, 0.05) is 13.5 Å². The highest BCUT2D eigenvalue weighted by Crippen LogP contribution is 2.33. The lowest BCUT2D eigenvalue weighted by molar-refractivity contribution is -0.132. The molecule has 0 aliphatic carbocycles. The Morgan fingerprint density at radius 2 is 2.12 bits per heavy atom. The second-order valence-corrected chi connectivity index (χ2v) is 5.51. The van der Waals surface area contributed by atoms with E-state index >= 15 is 0 Å². The molecule has 0 bridgehead atoms. The van der Waals surface area contributed by atoms with Crippen molar-refractivity contribution in [2.75, 3.05) is 6.54 Å². The third kappa shape index (κ3) is 3.73. The minimum atomic E-state index is -0.472. The lowest BCUT2D eigenvalue weighted by Crippen LogP contribution is -2.31. The molecule has 2 heterocycles. The fraction of sp³-hybridized carbons (Fsp3) is 0.353. The molecule has 3 rings (SSSR count). The summed E-state index contributed by atoms with van der Waals surface area (Å²) in [6.45, 7) is 2.08. The zero-order valence-electron chi connectivity index (χ0n) is 13.3. The Bertz CT molecular complexity index is 713. The number of carbonyl (C=O) groups is 2. The molecule has 7 nitrogen and oxygen atoms in total. The van der Waals surface area contributed by atoms with Gasteiger partial charge in [-0.2, -0.15) is 4.98 Å². The normalized spacial score (nSPS) is 16.9. The van der Waals surface area contributed by atoms with Gasteiger partial charge < -0.3 is 13.9 Å². The number of nitrogens with zero attached hydrogens (tertiary/aromatic N) is 2. The van der Waals surface area contributed by atoms with Crippen molar-refractivity contribution in [1.29, 1.82) is 0 Å². The number of aromatic nitrogens is 1. The van der Waals surface area contributed by atoms with Crippen molar-refractivity contribution in [3.05, 3.63) is 48.0 Å². The van der Waals surface area contributed by atoms with Gasteiger partial charge in [-0.1, -0.05) is 30.3 Å². The van der Waals surface area contributed by atoms with E-state index in [2.05, 4.69) is 4.98 Å². The number of ether oxygens (including phenoxy) is 2. The van der Waals surface area contributed by atoms with Gasteiger partial charge in [-0.3, -0.25) is 9.69 Å². The minimum absolute atomic E-state index is 0.0991. The summed E-state index contributed by atoms with van der Waals surface area (Å²) in [4.78, 5) is 29.0. The molecule has 1 atom stereocenters. The molecule has 126 valence electrons. The summed E-state index contributed by atoms with van der Waals surface area (Å²) in [5.74, 6) is -0.0252. The molecule has 1 fully saturated rings. The fourth-order valence-electron chi connectivity index (χ4n) is 2.66. The van der Waals surface area contributed by atoms with E-state index in [4.69, 9.17) is 13.9 Å². The number of amides is 1. The van der Waals surface area contributed by atoms with E-state index in [9.17, 15) is 9.59 Å². The number of benzene rings is 1. The van der Waals surface area contributed by atoms with Gasteiger partial charge in [0.05, 0.1) is 0 Å². The molecule has 1 saturated heterocycles. The number of rotatable bonds is 4. The molecule has 7 heteroatoms. The second-order valence-electron chi connectivity index (χ2n) is 5.51. The molecule has 0 saturated carbocycles. The molecular formula is C17H18N2O5. The zero-order chi connectivity index (χ0) is 16.9. The molecule has 1 aliphatic heterocycles. The maximum absolute atomic E-state index is 12.3. The van der Waals surface area contributed by atoms with Crippen LogP contribution in [-0.2, 0) is 16.1 Å². The zero-order valence-corrected chi connectivity index (χ0v) is 13.3. The van der Waals surface area contributed by atoms with Crippen LogP contribution in [0.3, 0.4) is 0 Å². The van der Waals surface area contributed by atoms with Gasteiger partial charge in [0.15, 0.2) is 6.26 Å². The highest BCUT2D eigenvalue weighted by atomic mass is 16.6. The summed E-state index contributed by atoms with van der Waals surface area (Å²) in [7, 11) is 0. The SMILES string of the molecule is CC(=O)Oc1coc(C2CCCN2C(=O)OCc2ccccc2)n1. The minimum Gasteiger partial charge on any atom is -0.445 e. The van der Waals surface area contributed by atoms with Crippen molar-refractivity contribution in [2.24, 2.45) is 0 Å². The maximum Gasteiger partial charge on any atom is 0.410 e. The highest BCUT2D eigenvalue weighted by molar-refractivity contribution is 5.69. The fourth-order valence-corrected chi connectivity index (χ4v) is 2.66. The summed E-state index contributed by atoms with van der Waals surface area (Å²) in [6.07, 6.45) is 2.41. The number of oxazole rings is 1. The van der Waals surface area contributed by atoms with Crippen LogP contribution in [0.5, 0.6) is 5.88 Å². The second kappa shape index (κ2) is 7.16. The first-order valence-electron chi connectivity index (χ1n) is 7.74. The molecular weight excluding hydrogens is 312 g/mol. The highest BCUT2D eigenvalue weighted by Gasteiger charge is 2.34.